The van der Waals surface area contributed by atoms with Gasteiger partial charge in [-0.25, -0.2) is 26.9 Å². The monoisotopic (exact) mass is 427 g/mol. The van der Waals surface area contributed by atoms with E-state index in [1.165, 1.54) is 12.1 Å². The van der Waals surface area contributed by atoms with Crippen molar-refractivity contribution in [1.29, 1.82) is 0 Å². The highest BCUT2D eigenvalue weighted by atomic mass is 32.2. The van der Waals surface area contributed by atoms with E-state index in [9.17, 15) is 30.8 Å². The fourth-order valence-electron chi connectivity index (χ4n) is 2.50. The molecule has 0 saturated heterocycles. The molecule has 2 heterocycles. The molecule has 11 heteroatoms. The summed E-state index contributed by atoms with van der Waals surface area (Å²) in [4.78, 5) is 15.1. The summed E-state index contributed by atoms with van der Waals surface area (Å²) < 4.78 is 77.7. The largest absolute Gasteiger partial charge is 0.354 e. The fraction of sp³-hybridized carbons (Fsp3) is 0.167. The molecule has 3 aromatic rings. The number of Topliss-reactive ketones (excluding diaryl/α,β-unsaturated/α-hetero) is 1. The third-order valence-electron chi connectivity index (χ3n) is 3.97. The van der Waals surface area contributed by atoms with Crippen LogP contribution in [0.25, 0.3) is 17.1 Å². The summed E-state index contributed by atoms with van der Waals surface area (Å²) in [6.45, 7) is 0. The Morgan fingerprint density at radius 2 is 1.76 bits per heavy atom. The van der Waals surface area contributed by atoms with Crippen LogP contribution in [0.2, 0.25) is 0 Å². The van der Waals surface area contributed by atoms with E-state index in [1.54, 1.807) is 30.3 Å². The van der Waals surface area contributed by atoms with Crippen LogP contribution in [0.4, 0.5) is 17.6 Å². The second-order valence-electron chi connectivity index (χ2n) is 6.06. The van der Waals surface area contributed by atoms with E-state index in [-0.39, 0.29) is 16.4 Å². The maximum absolute atomic E-state index is 14.2. The van der Waals surface area contributed by atoms with Crippen molar-refractivity contribution in [1.82, 2.24) is 14.8 Å². The van der Waals surface area contributed by atoms with Gasteiger partial charge in [-0.15, -0.1) is 0 Å². The number of pyridine rings is 1. The van der Waals surface area contributed by atoms with Crippen molar-refractivity contribution < 1.29 is 30.8 Å². The predicted octanol–water partition coefficient (Wildman–Crippen LogP) is 3.26. The Balaban J connectivity index is 2.18. The summed E-state index contributed by atoms with van der Waals surface area (Å²) in [5, 5.41) is 3.62. The van der Waals surface area contributed by atoms with E-state index < -0.39 is 33.7 Å². The second-order valence-corrected chi connectivity index (χ2v) is 8.07. The number of alkyl halides is 4. The van der Waals surface area contributed by atoms with Gasteiger partial charge in [0.2, 0.25) is 0 Å². The van der Waals surface area contributed by atoms with Gasteiger partial charge < -0.3 is 0 Å². The van der Waals surface area contributed by atoms with E-state index in [0.717, 1.165) is 23.2 Å². The molecule has 0 aliphatic carbocycles. The zero-order chi connectivity index (χ0) is 21.4. The highest BCUT2D eigenvalue weighted by Gasteiger charge is 2.48. The lowest BCUT2D eigenvalue weighted by Crippen LogP contribution is -2.32. The number of rotatable bonds is 6. The molecule has 2 aromatic heterocycles. The molecule has 0 atom stereocenters. The molecular weight excluding hydrogens is 414 g/mol. The van der Waals surface area contributed by atoms with Crippen molar-refractivity contribution in [2.75, 3.05) is 6.26 Å². The quantitative estimate of drug-likeness (QED) is 0.564. The number of ketones is 1. The van der Waals surface area contributed by atoms with Crippen LogP contribution in [-0.2, 0) is 20.6 Å². The second kappa shape index (κ2) is 7.39. The Hall–Kier alpha value is -3.08. The molecule has 0 saturated carbocycles. The molecule has 6 nitrogen and oxygen atoms in total. The number of benzene rings is 1. The Bertz CT molecular complexity index is 1140. The summed E-state index contributed by atoms with van der Waals surface area (Å²) in [7, 11) is -3.54. The van der Waals surface area contributed by atoms with Crippen molar-refractivity contribution in [2.45, 2.75) is 17.2 Å². The number of carbonyl (C=O) groups excluding carboxylic acids is 1. The van der Waals surface area contributed by atoms with E-state index in [2.05, 4.69) is 10.1 Å². The molecular formula is C18H13F4N3O3S. The van der Waals surface area contributed by atoms with E-state index >= 15 is 0 Å². The van der Waals surface area contributed by atoms with Crippen molar-refractivity contribution in [3.05, 3.63) is 60.4 Å². The molecule has 29 heavy (non-hydrogen) atoms. The summed E-state index contributed by atoms with van der Waals surface area (Å²) in [5.41, 5.74) is -0.710. The van der Waals surface area contributed by atoms with Gasteiger partial charge in [-0.1, -0.05) is 30.3 Å². The van der Waals surface area contributed by atoms with E-state index in [1.807, 2.05) is 0 Å². The minimum atomic E-state index is -4.52. The van der Waals surface area contributed by atoms with Crippen molar-refractivity contribution in [3.8, 4) is 17.1 Å². The first-order valence-electron chi connectivity index (χ1n) is 8.04. The van der Waals surface area contributed by atoms with Gasteiger partial charge in [-0.2, -0.15) is 13.9 Å². The maximum Gasteiger partial charge on any atom is 0.354 e. The number of halogens is 4. The van der Waals surface area contributed by atoms with Crippen molar-refractivity contribution in [2.24, 2.45) is 0 Å². The first-order chi connectivity index (χ1) is 13.5. The standard InChI is InChI=1S/C18H13F4N3O3S/c1-29(27,28)12-7-8-15(23-10-12)25-13(11-5-3-2-4-6-11)9-14(24-25)18(21,22)16(26)17(19)20/h2-10,17H,1H3. The molecule has 1 aromatic carbocycles. The van der Waals surface area contributed by atoms with Crippen molar-refractivity contribution in [3.63, 3.8) is 0 Å². The average molecular weight is 427 g/mol. The summed E-state index contributed by atoms with van der Waals surface area (Å²) in [5.74, 6) is -7.12. The molecule has 0 N–H and O–H groups in total. The van der Waals surface area contributed by atoms with Gasteiger partial charge in [0.15, 0.2) is 15.7 Å². The summed E-state index contributed by atoms with van der Waals surface area (Å²) in [6.07, 6.45) is -1.88. The van der Waals surface area contributed by atoms with Crippen LogP contribution in [-0.4, -0.2) is 41.6 Å². The zero-order valence-electron chi connectivity index (χ0n) is 14.8. The zero-order valence-corrected chi connectivity index (χ0v) is 15.6. The Labute approximate surface area is 162 Å². The van der Waals surface area contributed by atoms with Crippen LogP contribution in [0.15, 0.2) is 59.6 Å². The average Bonchev–Trinajstić information content (AvgIpc) is 3.13. The van der Waals surface area contributed by atoms with Crippen LogP contribution < -0.4 is 0 Å². The smallest absolute Gasteiger partial charge is 0.286 e. The van der Waals surface area contributed by atoms with Crippen LogP contribution >= 0.6 is 0 Å². The Morgan fingerprint density at radius 1 is 1.10 bits per heavy atom. The third kappa shape index (κ3) is 4.04. The third-order valence-corrected chi connectivity index (χ3v) is 5.07. The number of sulfone groups is 1. The minimum Gasteiger partial charge on any atom is -0.286 e. The number of hydrogen-bond donors (Lipinski definition) is 0. The highest BCUT2D eigenvalue weighted by Crippen LogP contribution is 2.34. The predicted molar refractivity (Wildman–Crippen MR) is 94.8 cm³/mol. The molecule has 3 rings (SSSR count). The molecule has 0 aliphatic rings. The lowest BCUT2D eigenvalue weighted by atomic mass is 10.1. The maximum atomic E-state index is 14.2. The minimum absolute atomic E-state index is 0.0391. The van der Waals surface area contributed by atoms with Crippen LogP contribution in [0, 0.1) is 0 Å². The van der Waals surface area contributed by atoms with Gasteiger partial charge in [0.1, 0.15) is 5.69 Å². The molecule has 0 amide bonds. The lowest BCUT2D eigenvalue weighted by Gasteiger charge is -2.11. The highest BCUT2D eigenvalue weighted by molar-refractivity contribution is 7.90. The first-order valence-corrected chi connectivity index (χ1v) is 9.93. The number of nitrogens with zero attached hydrogens (tertiary/aromatic N) is 3. The molecule has 152 valence electrons. The fourth-order valence-corrected chi connectivity index (χ4v) is 3.06. The van der Waals surface area contributed by atoms with Gasteiger partial charge in [0.25, 0.3) is 5.78 Å². The molecule has 0 fully saturated rings. The van der Waals surface area contributed by atoms with Gasteiger partial charge >= 0.3 is 12.3 Å². The van der Waals surface area contributed by atoms with Crippen LogP contribution in [0.5, 0.6) is 0 Å². The van der Waals surface area contributed by atoms with Crippen LogP contribution in [0.3, 0.4) is 0 Å². The molecule has 0 unspecified atom stereocenters. The molecule has 0 aliphatic heterocycles. The number of aromatic nitrogens is 3. The molecule has 0 radical (unpaired) electrons. The SMILES string of the molecule is CS(=O)(=O)c1ccc(-n2nc(C(F)(F)C(=O)C(F)F)cc2-c2ccccc2)nc1. The van der Waals surface area contributed by atoms with E-state index in [4.69, 9.17) is 0 Å². The Morgan fingerprint density at radius 3 is 2.28 bits per heavy atom. The van der Waals surface area contributed by atoms with Crippen molar-refractivity contribution >= 4 is 15.6 Å². The topological polar surface area (TPSA) is 81.9 Å². The number of hydrogen-bond acceptors (Lipinski definition) is 5. The molecule has 0 bridgehead atoms. The normalized spacial score (nSPS) is 12.3. The summed E-state index contributed by atoms with van der Waals surface area (Å²) in [6, 6.07) is 11.3. The van der Waals surface area contributed by atoms with Gasteiger partial charge in [-0.3, -0.25) is 4.79 Å². The first kappa shape index (κ1) is 20.6. The molecule has 0 spiro atoms. The Kier molecular flexibility index (Phi) is 5.26. The lowest BCUT2D eigenvalue weighted by molar-refractivity contribution is -0.156. The van der Waals surface area contributed by atoms with Crippen LogP contribution in [0.1, 0.15) is 5.69 Å². The summed E-state index contributed by atoms with van der Waals surface area (Å²) >= 11 is 0. The van der Waals surface area contributed by atoms with Gasteiger partial charge in [0, 0.05) is 18.0 Å². The van der Waals surface area contributed by atoms with E-state index in [0.29, 0.717) is 5.56 Å². The number of carbonyl (C=O) groups is 1. The van der Waals surface area contributed by atoms with Gasteiger partial charge in [0.05, 0.1) is 10.6 Å². The van der Waals surface area contributed by atoms with Gasteiger partial charge in [-0.05, 0) is 18.2 Å².